The summed E-state index contributed by atoms with van der Waals surface area (Å²) in [6.45, 7) is 2.60. The van der Waals surface area contributed by atoms with Crippen molar-refractivity contribution in [3.05, 3.63) is 24.0 Å². The van der Waals surface area contributed by atoms with Gasteiger partial charge in [-0.2, -0.15) is 0 Å². The van der Waals surface area contributed by atoms with Gasteiger partial charge in [0, 0.05) is 19.6 Å². The highest BCUT2D eigenvalue weighted by Gasteiger charge is 2.32. The minimum Gasteiger partial charge on any atom is -0.388 e. The van der Waals surface area contributed by atoms with Crippen LogP contribution in [0.3, 0.4) is 0 Å². The molecule has 1 aromatic heterocycles. The molecule has 1 saturated carbocycles. The van der Waals surface area contributed by atoms with E-state index in [-0.39, 0.29) is 6.04 Å². The van der Waals surface area contributed by atoms with E-state index in [1.165, 1.54) is 0 Å². The van der Waals surface area contributed by atoms with Crippen molar-refractivity contribution in [2.45, 2.75) is 44.2 Å². The number of hydrogen-bond donors (Lipinski definition) is 2. The summed E-state index contributed by atoms with van der Waals surface area (Å²) in [5, 5.41) is 10.4. The molecule has 1 fully saturated rings. The summed E-state index contributed by atoms with van der Waals surface area (Å²) in [6, 6.07) is 3.93. The average Bonchev–Trinajstić information content (AvgIpc) is 2.76. The Kier molecular flexibility index (Phi) is 3.88. The summed E-state index contributed by atoms with van der Waals surface area (Å²) in [6.07, 6.45) is 5.90. The first kappa shape index (κ1) is 13.3. The van der Waals surface area contributed by atoms with Crippen LogP contribution in [-0.4, -0.2) is 29.3 Å². The Hall–Kier alpha value is -1.13. The minimum absolute atomic E-state index is 0.0385. The maximum absolute atomic E-state index is 10.4. The molecule has 0 spiro atoms. The van der Waals surface area contributed by atoms with E-state index in [1.54, 1.807) is 0 Å². The second-order valence-electron chi connectivity index (χ2n) is 5.52. The number of nitrogens with two attached hydrogens (primary N) is 1. The Labute approximate surface area is 109 Å². The third-order valence-electron chi connectivity index (χ3n) is 3.74. The molecule has 4 nitrogen and oxygen atoms in total. The molecule has 1 atom stereocenters. The monoisotopic (exact) mass is 249 g/mol. The van der Waals surface area contributed by atoms with Crippen LogP contribution in [0.25, 0.3) is 0 Å². The molecule has 4 heteroatoms. The van der Waals surface area contributed by atoms with E-state index in [2.05, 4.69) is 9.88 Å². The zero-order chi connectivity index (χ0) is 13.2. The molecular weight excluding hydrogens is 226 g/mol. The summed E-state index contributed by atoms with van der Waals surface area (Å²) in [5.74, 6) is 0. The molecule has 0 aliphatic heterocycles. The van der Waals surface area contributed by atoms with E-state index in [4.69, 9.17) is 5.73 Å². The molecule has 1 aliphatic rings. The molecule has 2 rings (SSSR count). The first-order valence-corrected chi connectivity index (χ1v) is 6.65. The Morgan fingerprint density at radius 1 is 1.44 bits per heavy atom. The SMILES string of the molecule is C[C@@H](N)c1ccc(N(C)CC2(O)CCCC2)cn1. The Bertz CT molecular complexity index is 383. The van der Waals surface area contributed by atoms with Crippen LogP contribution in [0, 0.1) is 0 Å². The molecule has 0 bridgehead atoms. The summed E-state index contributed by atoms with van der Waals surface area (Å²) in [5.41, 5.74) is 7.18. The van der Waals surface area contributed by atoms with E-state index in [0.29, 0.717) is 6.54 Å². The molecule has 18 heavy (non-hydrogen) atoms. The second kappa shape index (κ2) is 5.24. The second-order valence-corrected chi connectivity index (χ2v) is 5.52. The quantitative estimate of drug-likeness (QED) is 0.854. The Morgan fingerprint density at radius 2 is 2.11 bits per heavy atom. The maximum Gasteiger partial charge on any atom is 0.0821 e. The summed E-state index contributed by atoms with van der Waals surface area (Å²) in [4.78, 5) is 6.42. The van der Waals surface area contributed by atoms with Crippen LogP contribution >= 0.6 is 0 Å². The number of likely N-dealkylation sites (N-methyl/N-ethyl adjacent to an activating group) is 1. The van der Waals surface area contributed by atoms with Gasteiger partial charge in [0.2, 0.25) is 0 Å². The standard InChI is InChI=1S/C14H23N3O/c1-11(15)13-6-5-12(9-16-13)17(2)10-14(18)7-3-4-8-14/h5-6,9,11,18H,3-4,7-8,10,15H2,1-2H3/t11-/m1/s1. The molecular formula is C14H23N3O. The number of hydrogen-bond acceptors (Lipinski definition) is 4. The van der Waals surface area contributed by atoms with Crippen LogP contribution in [0.5, 0.6) is 0 Å². The summed E-state index contributed by atoms with van der Waals surface area (Å²) < 4.78 is 0. The van der Waals surface area contributed by atoms with Gasteiger partial charge in [0.15, 0.2) is 0 Å². The zero-order valence-corrected chi connectivity index (χ0v) is 11.3. The van der Waals surface area contributed by atoms with Crippen molar-refractivity contribution in [1.82, 2.24) is 4.98 Å². The topological polar surface area (TPSA) is 62.4 Å². The van der Waals surface area contributed by atoms with Crippen molar-refractivity contribution in [3.8, 4) is 0 Å². The number of rotatable bonds is 4. The molecule has 3 N–H and O–H groups in total. The van der Waals surface area contributed by atoms with Gasteiger partial charge in [0.05, 0.1) is 23.2 Å². The summed E-state index contributed by atoms with van der Waals surface area (Å²) >= 11 is 0. The number of pyridine rings is 1. The number of aliphatic hydroxyl groups is 1. The molecule has 100 valence electrons. The molecule has 1 aliphatic carbocycles. The number of anilines is 1. The Balaban J connectivity index is 2.02. The fourth-order valence-corrected chi connectivity index (χ4v) is 2.62. The number of aromatic nitrogens is 1. The molecule has 0 radical (unpaired) electrons. The molecule has 0 unspecified atom stereocenters. The Morgan fingerprint density at radius 3 is 2.61 bits per heavy atom. The fourth-order valence-electron chi connectivity index (χ4n) is 2.62. The highest BCUT2D eigenvalue weighted by atomic mass is 16.3. The van der Waals surface area contributed by atoms with Crippen LogP contribution in [0.1, 0.15) is 44.3 Å². The van der Waals surface area contributed by atoms with Crippen molar-refractivity contribution < 1.29 is 5.11 Å². The highest BCUT2D eigenvalue weighted by Crippen LogP contribution is 2.31. The highest BCUT2D eigenvalue weighted by molar-refractivity contribution is 5.44. The van der Waals surface area contributed by atoms with E-state index in [1.807, 2.05) is 32.3 Å². The lowest BCUT2D eigenvalue weighted by Gasteiger charge is -2.29. The summed E-state index contributed by atoms with van der Waals surface area (Å²) in [7, 11) is 2.00. The van der Waals surface area contributed by atoms with Gasteiger partial charge in [-0.15, -0.1) is 0 Å². The van der Waals surface area contributed by atoms with E-state index in [0.717, 1.165) is 37.1 Å². The lowest BCUT2D eigenvalue weighted by molar-refractivity contribution is 0.0559. The normalized spacial score (nSPS) is 19.8. The molecule has 0 amide bonds. The van der Waals surface area contributed by atoms with Gasteiger partial charge in [0.1, 0.15) is 0 Å². The van der Waals surface area contributed by atoms with Crippen molar-refractivity contribution in [2.24, 2.45) is 5.73 Å². The van der Waals surface area contributed by atoms with Gasteiger partial charge in [-0.05, 0) is 31.9 Å². The minimum atomic E-state index is -0.519. The molecule has 0 aromatic carbocycles. The van der Waals surface area contributed by atoms with Gasteiger partial charge in [-0.1, -0.05) is 12.8 Å². The van der Waals surface area contributed by atoms with Crippen LogP contribution < -0.4 is 10.6 Å². The predicted octanol–water partition coefficient (Wildman–Crippen LogP) is 1.84. The van der Waals surface area contributed by atoms with Gasteiger partial charge in [-0.3, -0.25) is 4.98 Å². The van der Waals surface area contributed by atoms with Crippen LogP contribution in [0.2, 0.25) is 0 Å². The van der Waals surface area contributed by atoms with E-state index < -0.39 is 5.60 Å². The van der Waals surface area contributed by atoms with Crippen LogP contribution in [0.4, 0.5) is 5.69 Å². The smallest absolute Gasteiger partial charge is 0.0821 e. The molecule has 0 saturated heterocycles. The maximum atomic E-state index is 10.4. The van der Waals surface area contributed by atoms with Gasteiger partial charge >= 0.3 is 0 Å². The van der Waals surface area contributed by atoms with Crippen LogP contribution in [-0.2, 0) is 0 Å². The predicted molar refractivity (Wildman–Crippen MR) is 73.5 cm³/mol. The fraction of sp³-hybridized carbons (Fsp3) is 0.643. The van der Waals surface area contributed by atoms with E-state index in [9.17, 15) is 5.11 Å². The van der Waals surface area contributed by atoms with Crippen molar-refractivity contribution in [2.75, 3.05) is 18.5 Å². The van der Waals surface area contributed by atoms with E-state index >= 15 is 0 Å². The number of nitrogens with zero attached hydrogens (tertiary/aromatic N) is 2. The zero-order valence-electron chi connectivity index (χ0n) is 11.3. The lowest BCUT2D eigenvalue weighted by atomic mass is 10.0. The molecule has 1 aromatic rings. The van der Waals surface area contributed by atoms with Crippen molar-refractivity contribution >= 4 is 5.69 Å². The lowest BCUT2D eigenvalue weighted by Crippen LogP contribution is -2.39. The van der Waals surface area contributed by atoms with Crippen LogP contribution in [0.15, 0.2) is 18.3 Å². The first-order valence-electron chi connectivity index (χ1n) is 6.65. The first-order chi connectivity index (χ1) is 8.50. The van der Waals surface area contributed by atoms with Gasteiger partial charge in [0.25, 0.3) is 0 Å². The third-order valence-corrected chi connectivity index (χ3v) is 3.74. The third kappa shape index (κ3) is 3.00. The van der Waals surface area contributed by atoms with Crippen molar-refractivity contribution in [1.29, 1.82) is 0 Å². The molecule has 1 heterocycles. The van der Waals surface area contributed by atoms with Crippen molar-refractivity contribution in [3.63, 3.8) is 0 Å². The van der Waals surface area contributed by atoms with Gasteiger partial charge in [-0.25, -0.2) is 0 Å². The average molecular weight is 249 g/mol. The van der Waals surface area contributed by atoms with Gasteiger partial charge < -0.3 is 15.7 Å². The largest absolute Gasteiger partial charge is 0.388 e.